The Hall–Kier alpha value is -2.40. The molecule has 2 heterocycles. The molecule has 1 fully saturated rings. The van der Waals surface area contributed by atoms with Gasteiger partial charge in [-0.3, -0.25) is 9.78 Å². The first kappa shape index (κ1) is 19.4. The van der Waals surface area contributed by atoms with Crippen molar-refractivity contribution in [3.63, 3.8) is 0 Å². The molecule has 0 saturated carbocycles. The number of benzene rings is 1. The van der Waals surface area contributed by atoms with Gasteiger partial charge in [-0.1, -0.05) is 30.3 Å². The molecule has 1 aromatic heterocycles. The molecule has 1 aliphatic heterocycles. The van der Waals surface area contributed by atoms with E-state index in [2.05, 4.69) is 48.4 Å². The Labute approximate surface area is 161 Å². The van der Waals surface area contributed by atoms with Gasteiger partial charge in [-0.25, -0.2) is 0 Å². The molecule has 1 aliphatic rings. The SMILES string of the molecule is COc1ccnc(C(=O)NCCC2(c3ccccc3)CCOC(C)(C)C2)c1. The average Bonchev–Trinajstić information content (AvgIpc) is 2.68. The van der Waals surface area contributed by atoms with Crippen molar-refractivity contribution in [3.8, 4) is 5.75 Å². The van der Waals surface area contributed by atoms with E-state index in [1.54, 1.807) is 25.4 Å². The van der Waals surface area contributed by atoms with E-state index in [0.717, 1.165) is 25.9 Å². The largest absolute Gasteiger partial charge is 0.497 e. The van der Waals surface area contributed by atoms with E-state index < -0.39 is 0 Å². The molecule has 3 rings (SSSR count). The molecule has 2 aromatic rings. The van der Waals surface area contributed by atoms with E-state index in [0.29, 0.717) is 18.0 Å². The molecule has 27 heavy (non-hydrogen) atoms. The summed E-state index contributed by atoms with van der Waals surface area (Å²) in [5.41, 5.74) is 1.51. The number of hydrogen-bond donors (Lipinski definition) is 1. The van der Waals surface area contributed by atoms with Gasteiger partial charge in [-0.2, -0.15) is 0 Å². The highest BCUT2D eigenvalue weighted by molar-refractivity contribution is 5.92. The van der Waals surface area contributed by atoms with Gasteiger partial charge in [0.15, 0.2) is 0 Å². The second-order valence-electron chi connectivity index (χ2n) is 7.77. The van der Waals surface area contributed by atoms with Crippen LogP contribution in [-0.2, 0) is 10.2 Å². The third-order valence-electron chi connectivity index (χ3n) is 5.31. The predicted molar refractivity (Wildman–Crippen MR) is 105 cm³/mol. The van der Waals surface area contributed by atoms with Crippen LogP contribution in [0.25, 0.3) is 0 Å². The number of nitrogens with zero attached hydrogens (tertiary/aromatic N) is 1. The highest BCUT2D eigenvalue weighted by atomic mass is 16.5. The fourth-order valence-corrected chi connectivity index (χ4v) is 4.04. The lowest BCUT2D eigenvalue weighted by Crippen LogP contribution is -2.45. The zero-order chi connectivity index (χ0) is 19.3. The summed E-state index contributed by atoms with van der Waals surface area (Å²) >= 11 is 0. The average molecular weight is 368 g/mol. The number of pyridine rings is 1. The van der Waals surface area contributed by atoms with E-state index in [1.807, 2.05) is 6.07 Å². The fourth-order valence-electron chi connectivity index (χ4n) is 4.04. The molecule has 5 nitrogen and oxygen atoms in total. The fraction of sp³-hybridized carbons (Fsp3) is 0.455. The zero-order valence-corrected chi connectivity index (χ0v) is 16.3. The van der Waals surface area contributed by atoms with Crippen LogP contribution >= 0.6 is 0 Å². The lowest BCUT2D eigenvalue weighted by atomic mass is 9.67. The number of rotatable bonds is 6. The van der Waals surface area contributed by atoms with E-state index >= 15 is 0 Å². The molecule has 144 valence electrons. The lowest BCUT2D eigenvalue weighted by Gasteiger charge is -2.45. The minimum Gasteiger partial charge on any atom is -0.497 e. The van der Waals surface area contributed by atoms with Crippen LogP contribution < -0.4 is 10.1 Å². The van der Waals surface area contributed by atoms with Gasteiger partial charge in [0.1, 0.15) is 11.4 Å². The number of amides is 1. The number of ether oxygens (including phenoxy) is 2. The van der Waals surface area contributed by atoms with Crippen LogP contribution in [0.4, 0.5) is 0 Å². The smallest absolute Gasteiger partial charge is 0.270 e. The van der Waals surface area contributed by atoms with Gasteiger partial charge in [-0.15, -0.1) is 0 Å². The second-order valence-corrected chi connectivity index (χ2v) is 7.77. The zero-order valence-electron chi connectivity index (χ0n) is 16.3. The van der Waals surface area contributed by atoms with Crippen LogP contribution in [0.15, 0.2) is 48.7 Å². The molecule has 1 saturated heterocycles. The minimum absolute atomic E-state index is 0.00189. The van der Waals surface area contributed by atoms with Crippen LogP contribution in [0, 0.1) is 0 Å². The number of carbonyl (C=O) groups is 1. The van der Waals surface area contributed by atoms with Gasteiger partial charge in [-0.05, 0) is 44.7 Å². The first-order chi connectivity index (χ1) is 12.9. The van der Waals surface area contributed by atoms with Crippen molar-refractivity contribution in [1.82, 2.24) is 10.3 Å². The maximum Gasteiger partial charge on any atom is 0.270 e. The number of nitrogens with one attached hydrogen (secondary N) is 1. The summed E-state index contributed by atoms with van der Waals surface area (Å²) < 4.78 is 11.1. The Morgan fingerprint density at radius 1 is 1.26 bits per heavy atom. The monoisotopic (exact) mass is 368 g/mol. The lowest BCUT2D eigenvalue weighted by molar-refractivity contribution is -0.0838. The van der Waals surface area contributed by atoms with Crippen molar-refractivity contribution in [2.45, 2.75) is 44.1 Å². The normalized spacial score (nSPS) is 21.4. The van der Waals surface area contributed by atoms with Crippen LogP contribution in [0.1, 0.15) is 49.2 Å². The van der Waals surface area contributed by atoms with Crippen molar-refractivity contribution in [1.29, 1.82) is 0 Å². The highest BCUT2D eigenvalue weighted by Crippen LogP contribution is 2.43. The first-order valence-corrected chi connectivity index (χ1v) is 9.42. The Morgan fingerprint density at radius 2 is 2.04 bits per heavy atom. The van der Waals surface area contributed by atoms with Gasteiger partial charge >= 0.3 is 0 Å². The highest BCUT2D eigenvalue weighted by Gasteiger charge is 2.41. The molecule has 1 atom stereocenters. The van der Waals surface area contributed by atoms with Gasteiger partial charge in [0.2, 0.25) is 0 Å². The number of methoxy groups -OCH3 is 1. The Balaban J connectivity index is 1.71. The van der Waals surface area contributed by atoms with Crippen molar-refractivity contribution < 1.29 is 14.3 Å². The Morgan fingerprint density at radius 3 is 2.74 bits per heavy atom. The quantitative estimate of drug-likeness (QED) is 0.844. The Kier molecular flexibility index (Phi) is 5.80. The minimum atomic E-state index is -0.177. The molecule has 1 aromatic carbocycles. The molecular formula is C22H28N2O3. The number of carbonyl (C=O) groups excluding carboxylic acids is 1. The summed E-state index contributed by atoms with van der Waals surface area (Å²) in [7, 11) is 1.58. The van der Waals surface area contributed by atoms with E-state index in [1.165, 1.54) is 5.56 Å². The molecule has 5 heteroatoms. The van der Waals surface area contributed by atoms with Crippen LogP contribution in [0.5, 0.6) is 5.75 Å². The van der Waals surface area contributed by atoms with Crippen LogP contribution in [-0.4, -0.2) is 36.8 Å². The summed E-state index contributed by atoms with van der Waals surface area (Å²) in [6.45, 7) is 5.60. The summed E-state index contributed by atoms with van der Waals surface area (Å²) in [6, 6.07) is 14.0. The predicted octanol–water partition coefficient (Wildman–Crippen LogP) is 3.74. The number of hydrogen-bond acceptors (Lipinski definition) is 4. The van der Waals surface area contributed by atoms with Gasteiger partial charge in [0, 0.05) is 30.8 Å². The van der Waals surface area contributed by atoms with E-state index in [9.17, 15) is 4.79 Å². The summed E-state index contributed by atoms with van der Waals surface area (Å²) in [4.78, 5) is 16.6. The number of aromatic nitrogens is 1. The first-order valence-electron chi connectivity index (χ1n) is 9.42. The van der Waals surface area contributed by atoms with Crippen molar-refractivity contribution in [2.75, 3.05) is 20.3 Å². The van der Waals surface area contributed by atoms with Crippen molar-refractivity contribution >= 4 is 5.91 Å². The topological polar surface area (TPSA) is 60.5 Å². The molecule has 0 bridgehead atoms. The summed E-state index contributed by atoms with van der Waals surface area (Å²) in [5, 5.41) is 3.02. The maximum atomic E-state index is 12.5. The van der Waals surface area contributed by atoms with Gasteiger partial charge in [0.05, 0.1) is 12.7 Å². The third-order valence-corrected chi connectivity index (χ3v) is 5.31. The summed E-state index contributed by atoms with van der Waals surface area (Å²) in [6.07, 6.45) is 4.32. The summed E-state index contributed by atoms with van der Waals surface area (Å²) in [5.74, 6) is 0.450. The van der Waals surface area contributed by atoms with Crippen molar-refractivity contribution in [3.05, 3.63) is 59.9 Å². The molecule has 0 radical (unpaired) electrons. The molecule has 1 N–H and O–H groups in total. The Bertz CT molecular complexity index is 776. The van der Waals surface area contributed by atoms with E-state index in [-0.39, 0.29) is 16.9 Å². The maximum absolute atomic E-state index is 12.5. The van der Waals surface area contributed by atoms with E-state index in [4.69, 9.17) is 9.47 Å². The third kappa shape index (κ3) is 4.66. The molecular weight excluding hydrogens is 340 g/mol. The van der Waals surface area contributed by atoms with Crippen molar-refractivity contribution in [2.24, 2.45) is 0 Å². The van der Waals surface area contributed by atoms with Gasteiger partial charge < -0.3 is 14.8 Å². The molecule has 0 spiro atoms. The molecule has 0 aliphatic carbocycles. The van der Waals surface area contributed by atoms with Gasteiger partial charge in [0.25, 0.3) is 5.91 Å². The standard InChI is InChI=1S/C22H28N2O3/c1-21(2)16-22(11-14-27-21,17-7-5-4-6-8-17)10-13-24-20(25)19-15-18(26-3)9-12-23-19/h4-9,12,15H,10-11,13-14,16H2,1-3H3,(H,24,25). The van der Waals surface area contributed by atoms with Crippen LogP contribution in [0.2, 0.25) is 0 Å². The molecule has 1 amide bonds. The molecule has 1 unspecified atom stereocenters. The second kappa shape index (κ2) is 8.09. The van der Waals surface area contributed by atoms with Crippen LogP contribution in [0.3, 0.4) is 0 Å².